The zero-order chi connectivity index (χ0) is 9.19. The van der Waals surface area contributed by atoms with E-state index in [2.05, 4.69) is 33.1 Å². The lowest BCUT2D eigenvalue weighted by Gasteiger charge is -2.33. The van der Waals surface area contributed by atoms with Crippen LogP contribution >= 0.6 is 0 Å². The van der Waals surface area contributed by atoms with Gasteiger partial charge < -0.3 is 9.38 Å². The highest BCUT2D eigenvalue weighted by molar-refractivity contribution is 4.67. The van der Waals surface area contributed by atoms with E-state index in [1.807, 2.05) is 0 Å². The molecule has 2 heteroatoms. The number of hydrogen-bond donors (Lipinski definition) is 0. The normalized spacial score (nSPS) is 28.5. The third-order valence-corrected chi connectivity index (χ3v) is 3.02. The second-order valence-corrected chi connectivity index (χ2v) is 5.00. The summed E-state index contributed by atoms with van der Waals surface area (Å²) in [5.74, 6) is 0. The molecule has 0 aromatic heterocycles. The minimum Gasteiger partial charge on any atom is -0.328 e. The third kappa shape index (κ3) is 2.76. The van der Waals surface area contributed by atoms with Crippen molar-refractivity contribution in [1.29, 1.82) is 0 Å². The zero-order valence-electron chi connectivity index (χ0n) is 9.01. The summed E-state index contributed by atoms with van der Waals surface area (Å²) < 4.78 is 1.13. The van der Waals surface area contributed by atoms with E-state index in [-0.39, 0.29) is 0 Å². The van der Waals surface area contributed by atoms with Gasteiger partial charge in [0, 0.05) is 19.4 Å². The minimum absolute atomic E-state index is 0.870. The molecule has 0 bridgehead atoms. The minimum atomic E-state index is 0.870. The van der Waals surface area contributed by atoms with Crippen LogP contribution in [0.1, 0.15) is 19.3 Å². The fraction of sp³-hybridized carbons (Fsp3) is 1.00. The van der Waals surface area contributed by atoms with Gasteiger partial charge in [-0.15, -0.1) is 0 Å². The molecule has 0 saturated carbocycles. The van der Waals surface area contributed by atoms with Crippen LogP contribution in [-0.4, -0.2) is 56.7 Å². The predicted molar refractivity (Wildman–Crippen MR) is 53.2 cm³/mol. The van der Waals surface area contributed by atoms with Gasteiger partial charge in [-0.1, -0.05) is 0 Å². The van der Waals surface area contributed by atoms with Gasteiger partial charge in [0.15, 0.2) is 0 Å². The fourth-order valence-corrected chi connectivity index (χ4v) is 2.00. The van der Waals surface area contributed by atoms with E-state index in [1.165, 1.54) is 32.4 Å². The van der Waals surface area contributed by atoms with Crippen LogP contribution in [0.25, 0.3) is 0 Å². The van der Waals surface area contributed by atoms with E-state index in [0.29, 0.717) is 0 Å². The van der Waals surface area contributed by atoms with Gasteiger partial charge >= 0.3 is 0 Å². The summed E-state index contributed by atoms with van der Waals surface area (Å²) in [5.41, 5.74) is 0. The van der Waals surface area contributed by atoms with Gasteiger partial charge in [0.05, 0.1) is 27.2 Å². The summed E-state index contributed by atoms with van der Waals surface area (Å²) in [6.07, 6.45) is 4.13. The molecule has 2 nitrogen and oxygen atoms in total. The Bertz CT molecular complexity index is 137. The molecule has 1 saturated heterocycles. The quantitative estimate of drug-likeness (QED) is 0.535. The molecule has 0 aromatic carbocycles. The number of rotatable bonds is 1. The molecule has 1 heterocycles. The van der Waals surface area contributed by atoms with E-state index < -0.39 is 0 Å². The van der Waals surface area contributed by atoms with Crippen molar-refractivity contribution in [2.45, 2.75) is 25.3 Å². The number of hydrogen-bond acceptors (Lipinski definition) is 1. The topological polar surface area (TPSA) is 3.24 Å². The standard InChI is InChI=1S/C10H23N2/c1-11-8-5-6-10(7-9-11)12(2,3)4/h10H,5-9H2,1-4H3/q+1. The SMILES string of the molecule is CN1CCCC([N+](C)(C)C)CC1. The van der Waals surface area contributed by atoms with Crippen LogP contribution in [0.15, 0.2) is 0 Å². The van der Waals surface area contributed by atoms with Gasteiger partial charge in [0.1, 0.15) is 0 Å². The van der Waals surface area contributed by atoms with Crippen LogP contribution < -0.4 is 0 Å². The van der Waals surface area contributed by atoms with Gasteiger partial charge in [-0.25, -0.2) is 0 Å². The number of quaternary nitrogens is 1. The number of nitrogens with zero attached hydrogens (tertiary/aromatic N) is 2. The van der Waals surface area contributed by atoms with Crippen LogP contribution in [0.3, 0.4) is 0 Å². The second kappa shape index (κ2) is 3.75. The number of likely N-dealkylation sites (tertiary alicyclic amines) is 1. The highest BCUT2D eigenvalue weighted by Gasteiger charge is 2.25. The van der Waals surface area contributed by atoms with Crippen molar-refractivity contribution in [1.82, 2.24) is 4.90 Å². The lowest BCUT2D eigenvalue weighted by Crippen LogP contribution is -2.45. The Balaban J connectivity index is 2.46. The molecule has 12 heavy (non-hydrogen) atoms. The van der Waals surface area contributed by atoms with Crippen molar-refractivity contribution in [3.05, 3.63) is 0 Å². The maximum Gasteiger partial charge on any atom is 0.0896 e. The molecule has 0 N–H and O–H groups in total. The van der Waals surface area contributed by atoms with E-state index in [9.17, 15) is 0 Å². The summed E-state index contributed by atoms with van der Waals surface area (Å²) in [6.45, 7) is 2.57. The highest BCUT2D eigenvalue weighted by Crippen LogP contribution is 2.17. The van der Waals surface area contributed by atoms with Crippen LogP contribution in [0.5, 0.6) is 0 Å². The summed E-state index contributed by atoms with van der Waals surface area (Å²) in [5, 5.41) is 0. The lowest BCUT2D eigenvalue weighted by molar-refractivity contribution is -0.896. The molecule has 0 radical (unpaired) electrons. The first-order valence-corrected chi connectivity index (χ1v) is 5.00. The van der Waals surface area contributed by atoms with Crippen LogP contribution in [-0.2, 0) is 0 Å². The summed E-state index contributed by atoms with van der Waals surface area (Å²) in [7, 11) is 9.18. The Kier molecular flexibility index (Phi) is 3.13. The summed E-state index contributed by atoms with van der Waals surface area (Å²) >= 11 is 0. The van der Waals surface area contributed by atoms with Crippen molar-refractivity contribution in [3.8, 4) is 0 Å². The maximum absolute atomic E-state index is 2.45. The second-order valence-electron chi connectivity index (χ2n) is 5.00. The van der Waals surface area contributed by atoms with Crippen molar-refractivity contribution in [2.75, 3.05) is 41.3 Å². The van der Waals surface area contributed by atoms with E-state index in [1.54, 1.807) is 0 Å². The Morgan fingerprint density at radius 1 is 1.08 bits per heavy atom. The van der Waals surface area contributed by atoms with Crippen LogP contribution in [0.4, 0.5) is 0 Å². The van der Waals surface area contributed by atoms with Crippen LogP contribution in [0, 0.1) is 0 Å². The van der Waals surface area contributed by atoms with Gasteiger partial charge in [-0.2, -0.15) is 0 Å². The van der Waals surface area contributed by atoms with E-state index in [4.69, 9.17) is 0 Å². The monoisotopic (exact) mass is 171 g/mol. The molecule has 1 aliphatic heterocycles. The van der Waals surface area contributed by atoms with Crippen molar-refractivity contribution >= 4 is 0 Å². The Hall–Kier alpha value is -0.0800. The third-order valence-electron chi connectivity index (χ3n) is 3.02. The van der Waals surface area contributed by atoms with Gasteiger partial charge in [-0.05, 0) is 20.0 Å². The van der Waals surface area contributed by atoms with Crippen molar-refractivity contribution in [3.63, 3.8) is 0 Å². The Labute approximate surface area is 76.7 Å². The van der Waals surface area contributed by atoms with Gasteiger partial charge in [0.25, 0.3) is 0 Å². The predicted octanol–water partition coefficient (Wildman–Crippen LogP) is 1.18. The lowest BCUT2D eigenvalue weighted by atomic mass is 10.1. The summed E-state index contributed by atoms with van der Waals surface area (Å²) in [4.78, 5) is 2.45. The molecule has 1 unspecified atom stereocenters. The molecule has 0 spiro atoms. The van der Waals surface area contributed by atoms with Crippen LogP contribution in [0.2, 0.25) is 0 Å². The Morgan fingerprint density at radius 3 is 2.33 bits per heavy atom. The van der Waals surface area contributed by atoms with Crippen molar-refractivity contribution < 1.29 is 4.48 Å². The zero-order valence-corrected chi connectivity index (χ0v) is 9.01. The molecule has 1 atom stereocenters. The van der Waals surface area contributed by atoms with Gasteiger partial charge in [-0.3, -0.25) is 0 Å². The first-order valence-electron chi connectivity index (χ1n) is 5.00. The maximum atomic E-state index is 2.45. The van der Waals surface area contributed by atoms with Gasteiger partial charge in [0.2, 0.25) is 0 Å². The molecule has 72 valence electrons. The first kappa shape index (κ1) is 10.0. The fourth-order valence-electron chi connectivity index (χ4n) is 2.00. The molecule has 1 aliphatic rings. The average molecular weight is 171 g/mol. The van der Waals surface area contributed by atoms with E-state index in [0.717, 1.165) is 10.5 Å². The van der Waals surface area contributed by atoms with E-state index >= 15 is 0 Å². The molecule has 0 amide bonds. The molecular weight excluding hydrogens is 148 g/mol. The Morgan fingerprint density at radius 2 is 1.75 bits per heavy atom. The van der Waals surface area contributed by atoms with Crippen molar-refractivity contribution in [2.24, 2.45) is 0 Å². The summed E-state index contributed by atoms with van der Waals surface area (Å²) in [6, 6.07) is 0.870. The molecule has 1 fully saturated rings. The molecule has 0 aromatic rings. The molecule has 0 aliphatic carbocycles. The largest absolute Gasteiger partial charge is 0.328 e. The first-order chi connectivity index (χ1) is 5.50. The smallest absolute Gasteiger partial charge is 0.0896 e. The highest BCUT2D eigenvalue weighted by atomic mass is 15.3. The molecular formula is C10H23N2+. The molecule has 1 rings (SSSR count). The average Bonchev–Trinajstić information content (AvgIpc) is 2.11.